The Morgan fingerprint density at radius 3 is 2.56 bits per heavy atom. The predicted molar refractivity (Wildman–Crippen MR) is 71.8 cm³/mol. The van der Waals surface area contributed by atoms with Crippen LogP contribution in [-0.2, 0) is 11.3 Å². The molecule has 18 heavy (non-hydrogen) atoms. The summed E-state index contributed by atoms with van der Waals surface area (Å²) in [5, 5.41) is 8.62. The smallest absolute Gasteiger partial charge is 0.222 e. The van der Waals surface area contributed by atoms with E-state index in [1.54, 1.807) is 11.9 Å². The fourth-order valence-electron chi connectivity index (χ4n) is 1.55. The summed E-state index contributed by atoms with van der Waals surface area (Å²) in [4.78, 5) is 13.2. The molecular weight excluding hydrogens is 226 g/mol. The van der Waals surface area contributed by atoms with Gasteiger partial charge in [-0.3, -0.25) is 4.79 Å². The second kappa shape index (κ2) is 7.52. The number of carbonyl (C=O) groups is 1. The second-order valence-corrected chi connectivity index (χ2v) is 4.08. The first kappa shape index (κ1) is 14.3. The lowest BCUT2D eigenvalue weighted by Crippen LogP contribution is -2.25. The maximum Gasteiger partial charge on any atom is 0.222 e. The van der Waals surface area contributed by atoms with E-state index < -0.39 is 0 Å². The van der Waals surface area contributed by atoms with E-state index in [4.69, 9.17) is 5.11 Å². The quantitative estimate of drug-likeness (QED) is 0.822. The van der Waals surface area contributed by atoms with E-state index in [1.165, 1.54) is 0 Å². The second-order valence-electron chi connectivity index (χ2n) is 4.08. The third-order valence-corrected chi connectivity index (χ3v) is 2.57. The van der Waals surface area contributed by atoms with Gasteiger partial charge in [0, 0.05) is 32.0 Å². The van der Waals surface area contributed by atoms with Crippen LogP contribution in [0.3, 0.4) is 0 Å². The number of carbonyl (C=O) groups excluding carboxylic acids is 1. The van der Waals surface area contributed by atoms with Crippen molar-refractivity contribution < 1.29 is 9.90 Å². The molecule has 0 saturated carbocycles. The molecule has 96 valence electrons. The summed E-state index contributed by atoms with van der Waals surface area (Å²) in [5.41, 5.74) is 2.02. The van der Waals surface area contributed by atoms with E-state index >= 15 is 0 Å². The summed E-state index contributed by atoms with van der Waals surface area (Å²) in [6, 6.07) is 7.82. The van der Waals surface area contributed by atoms with Gasteiger partial charge >= 0.3 is 0 Å². The van der Waals surface area contributed by atoms with Crippen LogP contribution in [0.4, 0.5) is 0 Å². The van der Waals surface area contributed by atoms with Crippen molar-refractivity contribution in [3.05, 3.63) is 35.4 Å². The summed E-state index contributed by atoms with van der Waals surface area (Å²) in [6.45, 7) is 2.57. The molecule has 1 aromatic rings. The highest BCUT2D eigenvalue weighted by Crippen LogP contribution is 2.06. The van der Waals surface area contributed by atoms with Crippen molar-refractivity contribution in [2.24, 2.45) is 0 Å². The molecule has 0 spiro atoms. The zero-order valence-corrected chi connectivity index (χ0v) is 10.9. The lowest BCUT2D eigenvalue weighted by Gasteiger charge is -2.16. The van der Waals surface area contributed by atoms with Crippen molar-refractivity contribution >= 4 is 5.91 Å². The van der Waals surface area contributed by atoms with Gasteiger partial charge in [-0.25, -0.2) is 0 Å². The van der Waals surface area contributed by atoms with Gasteiger partial charge in [0.05, 0.1) is 6.61 Å². The van der Waals surface area contributed by atoms with E-state index in [0.717, 1.165) is 11.1 Å². The van der Waals surface area contributed by atoms with Gasteiger partial charge in [0.2, 0.25) is 5.91 Å². The molecule has 1 amide bonds. The first-order chi connectivity index (χ1) is 8.67. The highest BCUT2D eigenvalue weighted by atomic mass is 16.2. The molecular formula is C15H19NO2. The number of rotatable bonds is 4. The summed E-state index contributed by atoms with van der Waals surface area (Å²) in [7, 11) is 1.81. The maximum absolute atomic E-state index is 11.4. The highest BCUT2D eigenvalue weighted by molar-refractivity contribution is 5.75. The maximum atomic E-state index is 11.4. The van der Waals surface area contributed by atoms with Crippen molar-refractivity contribution in [2.75, 3.05) is 13.7 Å². The first-order valence-electron chi connectivity index (χ1n) is 6.10. The van der Waals surface area contributed by atoms with Crippen LogP contribution in [0.5, 0.6) is 0 Å². The van der Waals surface area contributed by atoms with Crippen molar-refractivity contribution in [3.8, 4) is 11.8 Å². The topological polar surface area (TPSA) is 40.5 Å². The number of amides is 1. The molecule has 1 rings (SSSR count). The van der Waals surface area contributed by atoms with Gasteiger partial charge < -0.3 is 10.0 Å². The van der Waals surface area contributed by atoms with Crippen molar-refractivity contribution in [1.82, 2.24) is 4.90 Å². The molecule has 1 aromatic carbocycles. The zero-order chi connectivity index (χ0) is 13.4. The number of hydrogen-bond acceptors (Lipinski definition) is 2. The van der Waals surface area contributed by atoms with Crippen LogP contribution < -0.4 is 0 Å². The average Bonchev–Trinajstić information content (AvgIpc) is 2.40. The van der Waals surface area contributed by atoms with Crippen LogP contribution in [-0.4, -0.2) is 29.6 Å². The molecule has 0 aromatic heterocycles. The minimum atomic E-state index is 0.0923. The number of benzene rings is 1. The number of nitrogens with zero attached hydrogens (tertiary/aromatic N) is 1. The Labute approximate surface area is 108 Å². The molecule has 3 nitrogen and oxygen atoms in total. The third-order valence-electron chi connectivity index (χ3n) is 2.57. The average molecular weight is 245 g/mol. The molecule has 3 heteroatoms. The molecule has 0 heterocycles. The van der Waals surface area contributed by atoms with Crippen LogP contribution in [0.1, 0.15) is 30.9 Å². The van der Waals surface area contributed by atoms with Gasteiger partial charge in [-0.2, -0.15) is 0 Å². The Morgan fingerprint density at radius 2 is 2.00 bits per heavy atom. The normalized spacial score (nSPS) is 9.50. The molecule has 0 unspecified atom stereocenters. The van der Waals surface area contributed by atoms with E-state index in [9.17, 15) is 4.79 Å². The summed E-state index contributed by atoms with van der Waals surface area (Å²) < 4.78 is 0. The molecule has 0 bridgehead atoms. The molecule has 0 aliphatic heterocycles. The predicted octanol–water partition coefficient (Wildman–Crippen LogP) is 1.79. The number of aliphatic hydroxyl groups excluding tert-OH is 1. The Morgan fingerprint density at radius 1 is 1.33 bits per heavy atom. The SMILES string of the molecule is CCC(=O)N(C)Cc1ccc(C#CCCO)cc1. The third kappa shape index (κ3) is 4.60. The number of aliphatic hydroxyl groups is 1. The molecule has 0 atom stereocenters. The lowest BCUT2D eigenvalue weighted by atomic mass is 10.1. The zero-order valence-electron chi connectivity index (χ0n) is 10.9. The van der Waals surface area contributed by atoms with E-state index in [1.807, 2.05) is 31.2 Å². The van der Waals surface area contributed by atoms with Crippen LogP contribution in [0, 0.1) is 11.8 Å². The Balaban J connectivity index is 2.61. The first-order valence-corrected chi connectivity index (χ1v) is 6.10. The standard InChI is InChI=1S/C15H19NO2/c1-3-15(18)16(2)12-14-9-7-13(8-10-14)6-4-5-11-17/h7-10,17H,3,5,11-12H2,1-2H3. The summed E-state index contributed by atoms with van der Waals surface area (Å²) in [6.07, 6.45) is 1.02. The highest BCUT2D eigenvalue weighted by Gasteiger charge is 2.05. The van der Waals surface area contributed by atoms with Crippen molar-refractivity contribution in [3.63, 3.8) is 0 Å². The fraction of sp³-hybridized carbons (Fsp3) is 0.400. The van der Waals surface area contributed by atoms with Gasteiger partial charge in [-0.15, -0.1) is 0 Å². The van der Waals surface area contributed by atoms with Gasteiger partial charge in [0.1, 0.15) is 0 Å². The van der Waals surface area contributed by atoms with E-state index in [-0.39, 0.29) is 12.5 Å². The Bertz CT molecular complexity index is 440. The fourth-order valence-corrected chi connectivity index (χ4v) is 1.55. The lowest BCUT2D eigenvalue weighted by molar-refractivity contribution is -0.130. The largest absolute Gasteiger partial charge is 0.395 e. The van der Waals surface area contributed by atoms with Crippen molar-refractivity contribution in [2.45, 2.75) is 26.3 Å². The molecule has 0 saturated heterocycles. The summed E-state index contributed by atoms with van der Waals surface area (Å²) in [5.74, 6) is 5.98. The van der Waals surface area contributed by atoms with E-state index in [0.29, 0.717) is 19.4 Å². The molecule has 0 radical (unpaired) electrons. The monoisotopic (exact) mass is 245 g/mol. The van der Waals surface area contributed by atoms with E-state index in [2.05, 4.69) is 11.8 Å². The minimum Gasteiger partial charge on any atom is -0.395 e. The van der Waals surface area contributed by atoms with Crippen LogP contribution in [0.25, 0.3) is 0 Å². The number of hydrogen-bond donors (Lipinski definition) is 1. The van der Waals surface area contributed by atoms with Crippen LogP contribution >= 0.6 is 0 Å². The summed E-state index contributed by atoms with van der Waals surface area (Å²) >= 11 is 0. The van der Waals surface area contributed by atoms with Gasteiger partial charge in [-0.05, 0) is 17.7 Å². The van der Waals surface area contributed by atoms with Gasteiger partial charge in [0.15, 0.2) is 0 Å². The molecule has 0 aliphatic carbocycles. The van der Waals surface area contributed by atoms with Crippen LogP contribution in [0.15, 0.2) is 24.3 Å². The Hall–Kier alpha value is -1.79. The Kier molecular flexibility index (Phi) is 5.96. The molecule has 1 N–H and O–H groups in total. The van der Waals surface area contributed by atoms with Gasteiger partial charge in [-0.1, -0.05) is 30.9 Å². The van der Waals surface area contributed by atoms with Gasteiger partial charge in [0.25, 0.3) is 0 Å². The van der Waals surface area contributed by atoms with Crippen LogP contribution in [0.2, 0.25) is 0 Å². The molecule has 0 aliphatic rings. The molecule has 0 fully saturated rings. The van der Waals surface area contributed by atoms with Crippen molar-refractivity contribution in [1.29, 1.82) is 0 Å². The minimum absolute atomic E-state index is 0.0923.